The van der Waals surface area contributed by atoms with E-state index in [0.717, 1.165) is 60.1 Å². The highest BCUT2D eigenvalue weighted by atomic mass is 16.5. The number of H-pyrrole nitrogens is 1. The third-order valence-corrected chi connectivity index (χ3v) is 6.39. The number of hydrogen-bond donors (Lipinski definition) is 2. The van der Waals surface area contributed by atoms with Crippen LogP contribution in [0.2, 0.25) is 0 Å². The van der Waals surface area contributed by atoms with Gasteiger partial charge in [0.05, 0.1) is 30.8 Å². The van der Waals surface area contributed by atoms with Crippen LogP contribution in [-0.4, -0.2) is 61.1 Å². The fourth-order valence-electron chi connectivity index (χ4n) is 4.85. The van der Waals surface area contributed by atoms with Crippen LogP contribution < -0.4 is 5.56 Å². The Morgan fingerprint density at radius 2 is 2.18 bits per heavy atom. The van der Waals surface area contributed by atoms with Crippen LogP contribution in [-0.2, 0) is 17.8 Å². The first-order chi connectivity index (χ1) is 16.0. The molecule has 9 heteroatoms. The van der Waals surface area contributed by atoms with Crippen molar-refractivity contribution in [1.82, 2.24) is 30.1 Å². The molecule has 2 N–H and O–H groups in total. The van der Waals surface area contributed by atoms with Crippen molar-refractivity contribution in [3.8, 4) is 0 Å². The summed E-state index contributed by atoms with van der Waals surface area (Å²) in [4.78, 5) is 18.1. The van der Waals surface area contributed by atoms with Crippen LogP contribution in [0.1, 0.15) is 61.2 Å². The second-order valence-electron chi connectivity index (χ2n) is 9.02. The van der Waals surface area contributed by atoms with Crippen molar-refractivity contribution in [3.05, 3.63) is 51.1 Å². The van der Waals surface area contributed by atoms with Gasteiger partial charge in [0.25, 0.3) is 5.56 Å². The van der Waals surface area contributed by atoms with E-state index in [2.05, 4.69) is 51.4 Å². The van der Waals surface area contributed by atoms with E-state index < -0.39 is 0 Å². The summed E-state index contributed by atoms with van der Waals surface area (Å²) in [6, 6.07) is 6.01. The number of tetrazole rings is 1. The number of aromatic nitrogens is 5. The molecule has 33 heavy (non-hydrogen) atoms. The molecule has 178 valence electrons. The lowest BCUT2D eigenvalue weighted by Gasteiger charge is -2.30. The molecule has 2 unspecified atom stereocenters. The Kier molecular flexibility index (Phi) is 7.52. The molecule has 2 aromatic heterocycles. The molecule has 1 fully saturated rings. The number of nitrogens with one attached hydrogen (secondary N) is 1. The topological polar surface area (TPSA) is 109 Å². The van der Waals surface area contributed by atoms with E-state index in [-0.39, 0.29) is 24.3 Å². The van der Waals surface area contributed by atoms with E-state index in [9.17, 15) is 9.90 Å². The second kappa shape index (κ2) is 10.5. The Hall–Kier alpha value is -2.62. The zero-order chi connectivity index (χ0) is 23.4. The molecule has 4 rings (SSSR count). The fourth-order valence-corrected chi connectivity index (χ4v) is 4.85. The molecule has 0 bridgehead atoms. The molecule has 1 saturated heterocycles. The average molecular weight is 455 g/mol. The predicted octanol–water partition coefficient (Wildman–Crippen LogP) is 2.65. The number of aliphatic hydroxyl groups is 1. The number of nitrogens with zero attached hydrogens (tertiary/aromatic N) is 5. The van der Waals surface area contributed by atoms with Gasteiger partial charge in [-0.05, 0) is 66.6 Å². The highest BCUT2D eigenvalue weighted by Gasteiger charge is 2.28. The number of benzene rings is 1. The summed E-state index contributed by atoms with van der Waals surface area (Å²) >= 11 is 0. The molecule has 0 aliphatic carbocycles. The van der Waals surface area contributed by atoms with Crippen LogP contribution in [0, 0.1) is 13.8 Å². The highest BCUT2D eigenvalue weighted by Crippen LogP contribution is 2.27. The number of aromatic amines is 1. The molecule has 0 radical (unpaired) electrons. The number of hydrogen-bond acceptors (Lipinski definition) is 7. The minimum Gasteiger partial charge on any atom is -0.395 e. The van der Waals surface area contributed by atoms with Crippen molar-refractivity contribution in [2.24, 2.45) is 0 Å². The van der Waals surface area contributed by atoms with E-state index in [4.69, 9.17) is 4.74 Å². The fraction of sp³-hybridized carbons (Fsp3) is 0.583. The van der Waals surface area contributed by atoms with Gasteiger partial charge in [0, 0.05) is 25.3 Å². The number of aliphatic hydroxyl groups excluding tert-OH is 1. The largest absolute Gasteiger partial charge is 0.395 e. The number of ether oxygens (including phenoxy) is 1. The van der Waals surface area contributed by atoms with Gasteiger partial charge in [0.1, 0.15) is 0 Å². The lowest BCUT2D eigenvalue weighted by Crippen LogP contribution is -2.35. The summed E-state index contributed by atoms with van der Waals surface area (Å²) in [6.45, 7) is 8.38. The maximum atomic E-state index is 13.0. The SMILES string of the molecule is CCCC(c1nnnn1CC1CCCO1)N(CCO)Cc1cc2cc(C)cc(C)c2[nH]c1=O. The number of aryl methyl sites for hydroxylation is 2. The van der Waals surface area contributed by atoms with Crippen molar-refractivity contribution in [2.75, 3.05) is 19.8 Å². The normalized spacial score (nSPS) is 17.3. The molecule has 9 nitrogen and oxygen atoms in total. The van der Waals surface area contributed by atoms with Crippen LogP contribution in [0.3, 0.4) is 0 Å². The third-order valence-electron chi connectivity index (χ3n) is 6.39. The van der Waals surface area contributed by atoms with E-state index >= 15 is 0 Å². The van der Waals surface area contributed by atoms with E-state index in [1.54, 1.807) is 0 Å². The maximum absolute atomic E-state index is 13.0. The smallest absolute Gasteiger partial charge is 0.252 e. The van der Waals surface area contributed by atoms with E-state index in [1.807, 2.05) is 17.7 Å². The minimum absolute atomic E-state index is 0.0166. The first kappa shape index (κ1) is 23.5. The van der Waals surface area contributed by atoms with Gasteiger partial charge in [-0.3, -0.25) is 9.69 Å². The van der Waals surface area contributed by atoms with Gasteiger partial charge >= 0.3 is 0 Å². The van der Waals surface area contributed by atoms with Gasteiger partial charge in [0.2, 0.25) is 0 Å². The third kappa shape index (κ3) is 5.31. The molecular weight excluding hydrogens is 420 g/mol. The molecule has 3 heterocycles. The Labute approximate surface area is 193 Å². The van der Waals surface area contributed by atoms with Crippen molar-refractivity contribution in [3.63, 3.8) is 0 Å². The number of pyridine rings is 1. The van der Waals surface area contributed by atoms with Crippen molar-refractivity contribution in [2.45, 2.75) is 71.7 Å². The molecular formula is C24H34N6O3. The molecule has 2 atom stereocenters. The lowest BCUT2D eigenvalue weighted by molar-refractivity contribution is 0.0870. The van der Waals surface area contributed by atoms with Gasteiger partial charge < -0.3 is 14.8 Å². The summed E-state index contributed by atoms with van der Waals surface area (Å²) in [5.74, 6) is 0.754. The van der Waals surface area contributed by atoms with Gasteiger partial charge in [0.15, 0.2) is 5.82 Å². The first-order valence-corrected chi connectivity index (χ1v) is 11.9. The molecule has 0 amide bonds. The summed E-state index contributed by atoms with van der Waals surface area (Å²) in [6.07, 6.45) is 3.92. The number of fused-ring (bicyclic) bond motifs is 1. The molecule has 1 aliphatic rings. The Morgan fingerprint density at radius 3 is 2.91 bits per heavy atom. The van der Waals surface area contributed by atoms with E-state index in [1.165, 1.54) is 0 Å². The highest BCUT2D eigenvalue weighted by molar-refractivity contribution is 5.82. The second-order valence-corrected chi connectivity index (χ2v) is 9.02. The summed E-state index contributed by atoms with van der Waals surface area (Å²) < 4.78 is 7.62. The van der Waals surface area contributed by atoms with Crippen molar-refractivity contribution in [1.29, 1.82) is 0 Å². The molecule has 0 spiro atoms. The van der Waals surface area contributed by atoms with Gasteiger partial charge in [-0.2, -0.15) is 0 Å². The van der Waals surface area contributed by atoms with Gasteiger partial charge in [-0.25, -0.2) is 4.68 Å². The van der Waals surface area contributed by atoms with Crippen LogP contribution in [0.5, 0.6) is 0 Å². The summed E-state index contributed by atoms with van der Waals surface area (Å²) in [7, 11) is 0. The molecule has 0 saturated carbocycles. The predicted molar refractivity (Wildman–Crippen MR) is 126 cm³/mol. The lowest BCUT2D eigenvalue weighted by atomic mass is 10.0. The zero-order valence-corrected chi connectivity index (χ0v) is 19.8. The van der Waals surface area contributed by atoms with Gasteiger partial charge in [-0.1, -0.05) is 25.0 Å². The quantitative estimate of drug-likeness (QED) is 0.485. The molecule has 1 aromatic carbocycles. The average Bonchev–Trinajstić information content (AvgIpc) is 3.45. The Morgan fingerprint density at radius 1 is 1.33 bits per heavy atom. The van der Waals surface area contributed by atoms with Crippen molar-refractivity contribution < 1.29 is 9.84 Å². The maximum Gasteiger partial charge on any atom is 0.252 e. The van der Waals surface area contributed by atoms with Crippen LogP contribution in [0.4, 0.5) is 0 Å². The van der Waals surface area contributed by atoms with Crippen LogP contribution in [0.25, 0.3) is 10.9 Å². The monoisotopic (exact) mass is 454 g/mol. The van der Waals surface area contributed by atoms with Crippen molar-refractivity contribution >= 4 is 10.9 Å². The Balaban J connectivity index is 1.66. The van der Waals surface area contributed by atoms with Crippen LogP contribution in [0.15, 0.2) is 23.0 Å². The first-order valence-electron chi connectivity index (χ1n) is 11.9. The molecule has 1 aliphatic heterocycles. The van der Waals surface area contributed by atoms with E-state index in [0.29, 0.717) is 25.2 Å². The Bertz CT molecular complexity index is 1130. The van der Waals surface area contributed by atoms with Crippen LogP contribution >= 0.6 is 0 Å². The minimum atomic E-state index is -0.118. The summed E-state index contributed by atoms with van der Waals surface area (Å²) in [5.41, 5.74) is 3.64. The van der Waals surface area contributed by atoms with Gasteiger partial charge in [-0.15, -0.1) is 5.10 Å². The summed E-state index contributed by atoms with van der Waals surface area (Å²) in [5, 5.41) is 23.4. The molecule has 3 aromatic rings. The zero-order valence-electron chi connectivity index (χ0n) is 19.8. The standard InChI is InChI=1S/C24H34N6O3/c1-4-6-21(23-26-27-28-30(23)15-20-7-5-10-33-20)29(8-9-31)14-19-13-18-12-16(2)11-17(3)22(18)25-24(19)32/h11-13,20-21,31H,4-10,14-15H2,1-3H3,(H,25,32). The number of rotatable bonds is 10.